The lowest BCUT2D eigenvalue weighted by atomic mass is 10.2. The van der Waals surface area contributed by atoms with Crippen molar-refractivity contribution in [2.45, 2.75) is 19.5 Å². The summed E-state index contributed by atoms with van der Waals surface area (Å²) >= 11 is 0. The van der Waals surface area contributed by atoms with Crippen molar-refractivity contribution in [1.29, 1.82) is 0 Å². The monoisotopic (exact) mass is 337 g/mol. The zero-order valence-corrected chi connectivity index (χ0v) is 14.1. The number of likely N-dealkylation sites (N-methyl/N-ethyl adjacent to an activating group) is 1. The van der Waals surface area contributed by atoms with Crippen LogP contribution in [-0.2, 0) is 11.3 Å². The first-order valence-electron chi connectivity index (χ1n) is 7.92. The van der Waals surface area contributed by atoms with Crippen molar-refractivity contribution in [2.75, 3.05) is 12.4 Å². The van der Waals surface area contributed by atoms with E-state index in [-0.39, 0.29) is 11.9 Å². The summed E-state index contributed by atoms with van der Waals surface area (Å²) in [5.74, 6) is 1.07. The molecule has 1 atom stereocenters. The van der Waals surface area contributed by atoms with E-state index in [4.69, 9.17) is 4.52 Å². The first kappa shape index (κ1) is 16.8. The van der Waals surface area contributed by atoms with Gasteiger partial charge in [0, 0.05) is 18.5 Å². The maximum atomic E-state index is 12.3. The van der Waals surface area contributed by atoms with Crippen LogP contribution in [-0.4, -0.2) is 39.0 Å². The molecule has 0 aliphatic rings. The number of rotatable bonds is 6. The molecule has 0 spiro atoms. The van der Waals surface area contributed by atoms with Crippen molar-refractivity contribution in [2.24, 2.45) is 0 Å². The zero-order chi connectivity index (χ0) is 17.6. The lowest BCUT2D eigenvalue weighted by molar-refractivity contribution is -0.120. The quantitative estimate of drug-likeness (QED) is 0.744. The number of amides is 1. The van der Waals surface area contributed by atoms with Gasteiger partial charge in [-0.25, -0.2) is 4.98 Å². The van der Waals surface area contributed by atoms with E-state index >= 15 is 0 Å². The minimum Gasteiger partial charge on any atom is -0.359 e. The normalized spacial score (nSPS) is 12.1. The summed E-state index contributed by atoms with van der Waals surface area (Å²) in [7, 11) is 1.85. The summed E-state index contributed by atoms with van der Waals surface area (Å²) in [5, 5.41) is 6.83. The number of nitrogens with one attached hydrogen (secondary N) is 1. The van der Waals surface area contributed by atoms with Crippen molar-refractivity contribution >= 4 is 11.7 Å². The van der Waals surface area contributed by atoms with Gasteiger partial charge >= 0.3 is 0 Å². The number of aromatic nitrogens is 3. The Morgan fingerprint density at radius 1 is 1.16 bits per heavy atom. The van der Waals surface area contributed by atoms with Crippen LogP contribution >= 0.6 is 0 Å². The molecule has 0 radical (unpaired) electrons. The van der Waals surface area contributed by atoms with Crippen LogP contribution in [0.25, 0.3) is 11.4 Å². The first-order chi connectivity index (χ1) is 12.1. The smallest absolute Gasteiger partial charge is 0.242 e. The average molecular weight is 337 g/mol. The van der Waals surface area contributed by atoms with Crippen molar-refractivity contribution in [3.8, 4) is 11.4 Å². The highest BCUT2D eigenvalue weighted by atomic mass is 16.5. The lowest BCUT2D eigenvalue weighted by Gasteiger charge is -2.22. The number of pyridine rings is 2. The van der Waals surface area contributed by atoms with Crippen molar-refractivity contribution in [3.05, 3.63) is 60.6 Å². The van der Waals surface area contributed by atoms with E-state index < -0.39 is 0 Å². The largest absolute Gasteiger partial charge is 0.359 e. The highest BCUT2D eigenvalue weighted by molar-refractivity contribution is 5.93. The van der Waals surface area contributed by atoms with Gasteiger partial charge in [-0.1, -0.05) is 17.3 Å². The highest BCUT2D eigenvalue weighted by Crippen LogP contribution is 2.17. The molecule has 0 aromatic carbocycles. The van der Waals surface area contributed by atoms with Gasteiger partial charge in [-0.05, 0) is 38.2 Å². The van der Waals surface area contributed by atoms with Crippen LogP contribution in [0, 0.1) is 0 Å². The third-order valence-corrected chi connectivity index (χ3v) is 3.85. The third-order valence-electron chi connectivity index (χ3n) is 3.85. The number of hydrogen-bond acceptors (Lipinski definition) is 6. The summed E-state index contributed by atoms with van der Waals surface area (Å²) in [5.41, 5.74) is 1.43. The number of carbonyl (C=O) groups is 1. The molecule has 0 aliphatic carbocycles. The summed E-state index contributed by atoms with van der Waals surface area (Å²) in [4.78, 5) is 22.5. The molecule has 0 aliphatic heterocycles. The van der Waals surface area contributed by atoms with Crippen molar-refractivity contribution in [3.63, 3.8) is 0 Å². The second kappa shape index (κ2) is 7.67. The predicted octanol–water partition coefficient (Wildman–Crippen LogP) is 2.59. The van der Waals surface area contributed by atoms with Crippen LogP contribution in [0.5, 0.6) is 0 Å². The number of anilines is 1. The molecular weight excluding hydrogens is 318 g/mol. The molecule has 1 amide bonds. The van der Waals surface area contributed by atoms with Crippen LogP contribution in [0.4, 0.5) is 5.82 Å². The van der Waals surface area contributed by atoms with Gasteiger partial charge in [0.1, 0.15) is 11.5 Å². The van der Waals surface area contributed by atoms with Crippen LogP contribution in [0.1, 0.15) is 12.7 Å². The summed E-state index contributed by atoms with van der Waals surface area (Å²) in [6.07, 6.45) is 3.34. The SMILES string of the molecule is CC(C(=O)Nc1ccccn1)N(C)Cc1cc(-c2ccccn2)no1. The van der Waals surface area contributed by atoms with E-state index in [1.54, 1.807) is 24.5 Å². The second-order valence-corrected chi connectivity index (χ2v) is 5.69. The van der Waals surface area contributed by atoms with E-state index in [1.165, 1.54) is 0 Å². The standard InChI is InChI=1S/C18H19N5O2/c1-13(18(24)21-17-8-4-6-10-20-17)23(2)12-14-11-16(22-25-14)15-7-3-5-9-19-15/h3-11,13H,12H2,1-2H3,(H,20,21,24). The van der Waals surface area contributed by atoms with E-state index in [9.17, 15) is 4.79 Å². The van der Waals surface area contributed by atoms with Crippen LogP contribution in [0.2, 0.25) is 0 Å². The molecule has 128 valence electrons. The van der Waals surface area contributed by atoms with Gasteiger partial charge in [-0.2, -0.15) is 0 Å². The number of hydrogen-bond donors (Lipinski definition) is 1. The molecule has 1 N–H and O–H groups in total. The molecule has 7 nitrogen and oxygen atoms in total. The predicted molar refractivity (Wildman–Crippen MR) is 93.5 cm³/mol. The Labute approximate surface area is 145 Å². The maximum absolute atomic E-state index is 12.3. The average Bonchev–Trinajstić information content (AvgIpc) is 3.11. The molecule has 0 fully saturated rings. The lowest BCUT2D eigenvalue weighted by Crippen LogP contribution is -2.39. The molecule has 1 unspecified atom stereocenters. The van der Waals surface area contributed by atoms with E-state index in [2.05, 4.69) is 20.4 Å². The summed E-state index contributed by atoms with van der Waals surface area (Å²) in [6, 6.07) is 12.5. The van der Waals surface area contributed by atoms with Crippen LogP contribution < -0.4 is 5.32 Å². The first-order valence-corrected chi connectivity index (χ1v) is 7.92. The molecule has 3 aromatic heterocycles. The minimum absolute atomic E-state index is 0.134. The molecule has 0 saturated heterocycles. The number of nitrogens with zero attached hydrogens (tertiary/aromatic N) is 4. The van der Waals surface area contributed by atoms with Gasteiger partial charge in [-0.15, -0.1) is 0 Å². The fourth-order valence-corrected chi connectivity index (χ4v) is 2.27. The Kier molecular flexibility index (Phi) is 5.15. The Morgan fingerprint density at radius 3 is 2.60 bits per heavy atom. The molecule has 7 heteroatoms. The summed E-state index contributed by atoms with van der Waals surface area (Å²) < 4.78 is 5.36. The van der Waals surface area contributed by atoms with Crippen LogP contribution in [0.15, 0.2) is 59.4 Å². The molecular formula is C18H19N5O2. The fraction of sp³-hybridized carbons (Fsp3) is 0.222. The van der Waals surface area contributed by atoms with Crippen LogP contribution in [0.3, 0.4) is 0 Å². The van der Waals surface area contributed by atoms with Gasteiger partial charge in [0.25, 0.3) is 0 Å². The molecule has 25 heavy (non-hydrogen) atoms. The third kappa shape index (κ3) is 4.27. The molecule has 3 heterocycles. The van der Waals surface area contributed by atoms with Crippen molar-refractivity contribution in [1.82, 2.24) is 20.0 Å². The van der Waals surface area contributed by atoms with Gasteiger partial charge in [-0.3, -0.25) is 14.7 Å². The second-order valence-electron chi connectivity index (χ2n) is 5.69. The van der Waals surface area contributed by atoms with E-state index in [0.717, 1.165) is 5.69 Å². The topological polar surface area (TPSA) is 84.2 Å². The molecule has 0 bridgehead atoms. The zero-order valence-electron chi connectivity index (χ0n) is 14.1. The van der Waals surface area contributed by atoms with Gasteiger partial charge in [0.15, 0.2) is 5.76 Å². The van der Waals surface area contributed by atoms with Gasteiger partial charge in [0.2, 0.25) is 5.91 Å². The molecule has 3 aromatic rings. The van der Waals surface area contributed by atoms with E-state index in [0.29, 0.717) is 23.8 Å². The summed E-state index contributed by atoms with van der Waals surface area (Å²) in [6.45, 7) is 2.28. The van der Waals surface area contributed by atoms with Gasteiger partial charge in [0.05, 0.1) is 18.3 Å². The van der Waals surface area contributed by atoms with E-state index in [1.807, 2.05) is 49.2 Å². The molecule has 3 rings (SSSR count). The van der Waals surface area contributed by atoms with Crippen molar-refractivity contribution < 1.29 is 9.32 Å². The number of carbonyl (C=O) groups excluding carboxylic acids is 1. The maximum Gasteiger partial charge on any atom is 0.242 e. The Hall–Kier alpha value is -3.06. The Morgan fingerprint density at radius 2 is 1.92 bits per heavy atom. The Bertz CT molecular complexity index is 820. The Balaban J connectivity index is 1.61. The molecule has 0 saturated carbocycles. The van der Waals surface area contributed by atoms with Gasteiger partial charge < -0.3 is 9.84 Å². The fourth-order valence-electron chi connectivity index (χ4n) is 2.27. The highest BCUT2D eigenvalue weighted by Gasteiger charge is 2.20. The minimum atomic E-state index is -0.356.